The molecule has 6 heteroatoms. The van der Waals surface area contributed by atoms with Crippen LogP contribution in [0.1, 0.15) is 29.9 Å². The Labute approximate surface area is 143 Å². The topological polar surface area (TPSA) is 21.3 Å². The molecule has 1 atom stereocenters. The number of nitrogens with one attached hydrogen (secondary N) is 1. The Morgan fingerprint density at radius 1 is 1.40 bits per heavy atom. The Morgan fingerprint density at radius 2 is 2.10 bits per heavy atom. The summed E-state index contributed by atoms with van der Waals surface area (Å²) in [5.41, 5.74) is 0.0181. The van der Waals surface area contributed by atoms with Gasteiger partial charge in [-0.2, -0.15) is 25.3 Å². The molecular formula is C14H18F3NOY-2. The van der Waals surface area contributed by atoms with Crippen molar-refractivity contribution in [3.8, 4) is 5.75 Å². The molecule has 2 nitrogen and oxygen atoms in total. The first-order chi connectivity index (χ1) is 8.52. The Hall–Kier alpha value is -0.126. The van der Waals surface area contributed by atoms with Crippen LogP contribution in [-0.4, -0.2) is 20.2 Å². The Morgan fingerprint density at radius 3 is 2.60 bits per heavy atom. The van der Waals surface area contributed by atoms with E-state index in [4.69, 9.17) is 4.74 Å². The van der Waals surface area contributed by atoms with E-state index < -0.39 is 11.7 Å². The average Bonchev–Trinajstić information content (AvgIpc) is 2.38. The van der Waals surface area contributed by atoms with Gasteiger partial charge in [-0.25, -0.2) is 0 Å². The summed E-state index contributed by atoms with van der Waals surface area (Å²) in [6.07, 6.45) is -2.39. The van der Waals surface area contributed by atoms with Gasteiger partial charge in [0.25, 0.3) is 0 Å². The number of hydrogen-bond acceptors (Lipinski definition) is 2. The van der Waals surface area contributed by atoms with Crippen LogP contribution in [-0.2, 0) is 38.9 Å². The van der Waals surface area contributed by atoms with Crippen molar-refractivity contribution in [2.45, 2.75) is 24.9 Å². The van der Waals surface area contributed by atoms with Gasteiger partial charge in [0.2, 0.25) is 0 Å². The van der Waals surface area contributed by atoms with E-state index in [1.54, 1.807) is 0 Å². The van der Waals surface area contributed by atoms with Gasteiger partial charge in [-0.15, -0.1) is 11.6 Å². The number of methoxy groups -OCH3 is 1. The summed E-state index contributed by atoms with van der Waals surface area (Å²) in [6, 6.07) is 4.76. The predicted octanol–water partition coefficient (Wildman–Crippen LogP) is 3.43. The van der Waals surface area contributed by atoms with Gasteiger partial charge < -0.3 is 17.5 Å². The van der Waals surface area contributed by atoms with Crippen molar-refractivity contribution in [3.63, 3.8) is 0 Å². The second-order valence-electron chi connectivity index (χ2n) is 4.41. The summed E-state index contributed by atoms with van der Waals surface area (Å²) >= 11 is 0. The molecule has 0 aromatic heterocycles. The van der Waals surface area contributed by atoms with Gasteiger partial charge in [0, 0.05) is 38.5 Å². The largest absolute Gasteiger partial charge is 0.522 e. The van der Waals surface area contributed by atoms with Gasteiger partial charge in [-0.1, -0.05) is 12.0 Å². The van der Waals surface area contributed by atoms with E-state index in [2.05, 4.69) is 11.4 Å². The first-order valence-electron chi connectivity index (χ1n) is 5.90. The zero-order valence-electron chi connectivity index (χ0n) is 11.7. The summed E-state index contributed by atoms with van der Waals surface area (Å²) in [5.74, 6) is 0.502. The zero-order valence-corrected chi connectivity index (χ0v) is 14.5. The van der Waals surface area contributed by atoms with E-state index in [9.17, 15) is 13.2 Å². The second kappa shape index (κ2) is 8.35. The summed E-state index contributed by atoms with van der Waals surface area (Å²) in [5, 5.41) is 3.24. The van der Waals surface area contributed by atoms with Crippen molar-refractivity contribution in [2.24, 2.45) is 0 Å². The van der Waals surface area contributed by atoms with E-state index in [-0.39, 0.29) is 46.1 Å². The van der Waals surface area contributed by atoms with Gasteiger partial charge in [-0.3, -0.25) is 0 Å². The van der Waals surface area contributed by atoms with Crippen molar-refractivity contribution in [2.75, 3.05) is 20.2 Å². The van der Waals surface area contributed by atoms with Crippen LogP contribution in [0.5, 0.6) is 5.75 Å². The maximum absolute atomic E-state index is 12.6. The molecule has 0 unspecified atom stereocenters. The number of benzene rings is 1. The third-order valence-corrected chi connectivity index (χ3v) is 3.21. The molecule has 1 aliphatic rings. The number of piperidine rings is 1. The minimum absolute atomic E-state index is 0. The van der Waals surface area contributed by atoms with E-state index in [1.165, 1.54) is 13.2 Å². The van der Waals surface area contributed by atoms with Gasteiger partial charge in [-0.05, 0) is 25.4 Å². The smallest absolute Gasteiger partial charge is 0.394 e. The maximum Gasteiger partial charge on any atom is 0.394 e. The molecular weight excluding hydrogens is 344 g/mol. The predicted molar refractivity (Wildman–Crippen MR) is 68.1 cm³/mol. The molecule has 0 aliphatic carbocycles. The van der Waals surface area contributed by atoms with Crippen LogP contribution in [0.4, 0.5) is 13.2 Å². The van der Waals surface area contributed by atoms with Gasteiger partial charge in [0.05, 0.1) is 7.11 Å². The molecule has 1 aliphatic heterocycles. The van der Waals surface area contributed by atoms with Crippen LogP contribution < -0.4 is 10.1 Å². The Balaban J connectivity index is 0.00000180. The SMILES string of the molecule is COc1cc(C(F)(F)F)[c-]cc1[C@@H]1CCCNC1.[CH3-].[Y]. The quantitative estimate of drug-likeness (QED) is 0.814. The van der Waals surface area contributed by atoms with E-state index in [0.717, 1.165) is 37.6 Å². The molecule has 0 spiro atoms. The van der Waals surface area contributed by atoms with Crippen molar-refractivity contribution in [1.29, 1.82) is 0 Å². The molecule has 1 radical (unpaired) electrons. The van der Waals surface area contributed by atoms with Crippen molar-refractivity contribution in [3.05, 3.63) is 36.8 Å². The van der Waals surface area contributed by atoms with Gasteiger partial charge in [0.15, 0.2) is 0 Å². The molecule has 2 rings (SSSR count). The normalized spacial score (nSPS) is 18.7. The van der Waals surface area contributed by atoms with Crippen LogP contribution in [0, 0.1) is 13.5 Å². The van der Waals surface area contributed by atoms with Crippen LogP contribution in [0.2, 0.25) is 0 Å². The van der Waals surface area contributed by atoms with Crippen molar-refractivity contribution < 1.29 is 50.6 Å². The van der Waals surface area contributed by atoms with E-state index in [0.29, 0.717) is 5.75 Å². The molecule has 1 aromatic carbocycles. The number of ether oxygens (including phenoxy) is 1. The molecule has 1 aromatic rings. The minimum Gasteiger partial charge on any atom is -0.522 e. The first-order valence-corrected chi connectivity index (χ1v) is 5.90. The van der Waals surface area contributed by atoms with Gasteiger partial charge in [0.1, 0.15) is 0 Å². The molecule has 1 heterocycles. The number of hydrogen-bond donors (Lipinski definition) is 1. The van der Waals surface area contributed by atoms with Crippen molar-refractivity contribution in [1.82, 2.24) is 5.32 Å². The van der Waals surface area contributed by atoms with Crippen molar-refractivity contribution >= 4 is 0 Å². The summed E-state index contributed by atoms with van der Waals surface area (Å²) < 4.78 is 42.8. The second-order valence-corrected chi connectivity index (χ2v) is 4.41. The molecule has 0 amide bonds. The molecule has 1 saturated heterocycles. The van der Waals surface area contributed by atoms with Crippen LogP contribution >= 0.6 is 0 Å². The monoisotopic (exact) mass is 362 g/mol. The number of alkyl halides is 3. The van der Waals surface area contributed by atoms with E-state index >= 15 is 0 Å². The Kier molecular flexibility index (Phi) is 8.30. The molecule has 0 saturated carbocycles. The third-order valence-electron chi connectivity index (χ3n) is 3.21. The average molecular weight is 362 g/mol. The summed E-state index contributed by atoms with van der Waals surface area (Å²) in [4.78, 5) is 0. The van der Waals surface area contributed by atoms with E-state index in [1.807, 2.05) is 0 Å². The standard InChI is InChI=1S/C13H15F3NO.CH3.Y/c1-18-12-7-10(13(14,15)16)4-5-11(12)9-3-2-6-17-8-9;;/h5,7,9,17H,2-3,6,8H2,1H3;1H3;/q2*-1;/t9-;;/m1../s1. The fraction of sp³-hybridized carbons (Fsp3) is 0.500. The maximum atomic E-state index is 12.6. The van der Waals surface area contributed by atoms with Crippen LogP contribution in [0.3, 0.4) is 0 Å². The molecule has 1 N–H and O–H groups in total. The van der Waals surface area contributed by atoms with Gasteiger partial charge >= 0.3 is 6.18 Å². The fourth-order valence-electron chi connectivity index (χ4n) is 2.26. The number of rotatable bonds is 2. The zero-order chi connectivity index (χ0) is 13.2. The number of halogens is 3. The third kappa shape index (κ3) is 4.71. The molecule has 20 heavy (non-hydrogen) atoms. The van der Waals surface area contributed by atoms with Crippen LogP contribution in [0.25, 0.3) is 0 Å². The summed E-state index contributed by atoms with van der Waals surface area (Å²) in [7, 11) is 1.40. The Bertz CT molecular complexity index is 417. The molecule has 111 valence electrons. The van der Waals surface area contributed by atoms with Crippen LogP contribution in [0.15, 0.2) is 12.1 Å². The first kappa shape index (κ1) is 19.9. The minimum atomic E-state index is -4.38. The summed E-state index contributed by atoms with van der Waals surface area (Å²) in [6.45, 7) is 1.73. The fourth-order valence-corrected chi connectivity index (χ4v) is 2.26. The molecule has 1 fully saturated rings. The molecule has 0 bridgehead atoms.